The maximum Gasteiger partial charge on any atom is 0.269 e. The highest BCUT2D eigenvalue weighted by atomic mass is 32.1. The van der Waals surface area contributed by atoms with Crippen LogP contribution in [0.4, 0.5) is 16.6 Å². The van der Waals surface area contributed by atoms with Gasteiger partial charge in [-0.3, -0.25) is 9.78 Å². The van der Waals surface area contributed by atoms with Gasteiger partial charge in [0.05, 0.1) is 11.9 Å². The summed E-state index contributed by atoms with van der Waals surface area (Å²) in [6.07, 6.45) is 3.32. The van der Waals surface area contributed by atoms with Gasteiger partial charge in [-0.2, -0.15) is 0 Å². The molecule has 2 rings (SSSR count). The van der Waals surface area contributed by atoms with Crippen molar-refractivity contribution in [3.63, 3.8) is 0 Å². The summed E-state index contributed by atoms with van der Waals surface area (Å²) >= 11 is 1.24. The molecule has 0 fully saturated rings. The second-order valence-corrected chi connectivity index (χ2v) is 6.81. The quantitative estimate of drug-likeness (QED) is 0.810. The number of rotatable bonds is 3. The SMILES string of the molecule is Cc1cncc(NC(=O)c2sc(NC(C)(C)C)nc2N)c1. The number of anilines is 3. The van der Waals surface area contributed by atoms with Gasteiger partial charge in [0.15, 0.2) is 5.13 Å². The molecule has 112 valence electrons. The fraction of sp³-hybridized carbons (Fsp3) is 0.357. The lowest BCUT2D eigenvalue weighted by atomic mass is 10.1. The van der Waals surface area contributed by atoms with Crippen LogP contribution in [0.15, 0.2) is 18.5 Å². The van der Waals surface area contributed by atoms with E-state index >= 15 is 0 Å². The van der Waals surface area contributed by atoms with Crippen LogP contribution in [-0.4, -0.2) is 21.4 Å². The van der Waals surface area contributed by atoms with Crippen LogP contribution in [-0.2, 0) is 0 Å². The summed E-state index contributed by atoms with van der Waals surface area (Å²) < 4.78 is 0. The van der Waals surface area contributed by atoms with E-state index in [-0.39, 0.29) is 17.3 Å². The minimum absolute atomic E-state index is 0.140. The maximum absolute atomic E-state index is 12.2. The Bertz CT molecular complexity index is 660. The number of nitrogen functional groups attached to an aromatic ring is 1. The van der Waals surface area contributed by atoms with Gasteiger partial charge in [-0.1, -0.05) is 11.3 Å². The molecule has 4 N–H and O–H groups in total. The fourth-order valence-corrected chi connectivity index (χ4v) is 2.67. The first-order valence-electron chi connectivity index (χ1n) is 6.52. The van der Waals surface area contributed by atoms with Crippen molar-refractivity contribution in [3.05, 3.63) is 28.9 Å². The molecule has 0 atom stereocenters. The van der Waals surface area contributed by atoms with Crippen molar-refractivity contribution < 1.29 is 4.79 Å². The summed E-state index contributed by atoms with van der Waals surface area (Å²) in [6, 6.07) is 1.84. The van der Waals surface area contributed by atoms with Gasteiger partial charge >= 0.3 is 0 Å². The molecule has 0 saturated carbocycles. The zero-order valence-electron chi connectivity index (χ0n) is 12.5. The molecular weight excluding hydrogens is 286 g/mol. The lowest BCUT2D eigenvalue weighted by Crippen LogP contribution is -2.25. The zero-order chi connectivity index (χ0) is 15.6. The predicted molar refractivity (Wildman–Crippen MR) is 86.8 cm³/mol. The van der Waals surface area contributed by atoms with Gasteiger partial charge in [0, 0.05) is 11.7 Å². The number of pyridine rings is 1. The zero-order valence-corrected chi connectivity index (χ0v) is 13.3. The Morgan fingerprint density at radius 2 is 2.05 bits per heavy atom. The average molecular weight is 305 g/mol. The van der Waals surface area contributed by atoms with E-state index in [0.717, 1.165) is 5.56 Å². The van der Waals surface area contributed by atoms with E-state index in [1.807, 2.05) is 33.8 Å². The fourth-order valence-electron chi connectivity index (χ4n) is 1.68. The molecule has 21 heavy (non-hydrogen) atoms. The molecule has 2 aromatic rings. The van der Waals surface area contributed by atoms with E-state index in [2.05, 4.69) is 20.6 Å². The highest BCUT2D eigenvalue weighted by Gasteiger charge is 2.19. The van der Waals surface area contributed by atoms with Gasteiger partial charge in [-0.05, 0) is 39.3 Å². The third-order valence-corrected chi connectivity index (χ3v) is 3.46. The van der Waals surface area contributed by atoms with Gasteiger partial charge in [0.25, 0.3) is 5.91 Å². The number of nitrogens with two attached hydrogens (primary N) is 1. The minimum Gasteiger partial charge on any atom is -0.382 e. The molecule has 0 aromatic carbocycles. The largest absolute Gasteiger partial charge is 0.382 e. The van der Waals surface area contributed by atoms with E-state index in [0.29, 0.717) is 15.7 Å². The molecule has 6 nitrogen and oxygen atoms in total. The summed E-state index contributed by atoms with van der Waals surface area (Å²) in [6.45, 7) is 7.96. The number of carbonyl (C=O) groups is 1. The lowest BCUT2D eigenvalue weighted by Gasteiger charge is -2.19. The monoisotopic (exact) mass is 305 g/mol. The summed E-state index contributed by atoms with van der Waals surface area (Å²) in [4.78, 5) is 20.9. The standard InChI is InChI=1S/C14H19N5OS/c1-8-5-9(7-16-6-8)17-12(20)10-11(15)18-13(21-10)19-14(2,3)4/h5-7H,15H2,1-4H3,(H,17,20)(H,18,19). The Morgan fingerprint density at radius 1 is 1.33 bits per heavy atom. The van der Waals surface area contributed by atoms with Crippen molar-refractivity contribution in [2.24, 2.45) is 0 Å². The molecular formula is C14H19N5OS. The van der Waals surface area contributed by atoms with Gasteiger partial charge < -0.3 is 16.4 Å². The topological polar surface area (TPSA) is 92.9 Å². The third kappa shape index (κ3) is 4.16. The summed E-state index contributed by atoms with van der Waals surface area (Å²) in [7, 11) is 0. The van der Waals surface area contributed by atoms with Gasteiger partial charge in [-0.25, -0.2) is 4.98 Å². The molecule has 2 aromatic heterocycles. The summed E-state index contributed by atoms with van der Waals surface area (Å²) in [5.74, 6) is -0.0516. The smallest absolute Gasteiger partial charge is 0.269 e. The number of nitrogens with zero attached hydrogens (tertiary/aromatic N) is 2. The molecule has 0 saturated heterocycles. The number of hydrogen-bond donors (Lipinski definition) is 3. The number of thiazole rings is 1. The summed E-state index contributed by atoms with van der Waals surface area (Å²) in [5.41, 5.74) is 7.30. The maximum atomic E-state index is 12.2. The van der Waals surface area contributed by atoms with Crippen LogP contribution in [0, 0.1) is 6.92 Å². The van der Waals surface area contributed by atoms with Crippen LogP contribution >= 0.6 is 11.3 Å². The van der Waals surface area contributed by atoms with E-state index in [1.54, 1.807) is 12.4 Å². The van der Waals surface area contributed by atoms with Gasteiger partial charge in [0.2, 0.25) is 0 Å². The first-order valence-corrected chi connectivity index (χ1v) is 7.34. The molecule has 0 aliphatic carbocycles. The minimum atomic E-state index is -0.278. The van der Waals surface area contributed by atoms with Crippen molar-refractivity contribution in [1.82, 2.24) is 9.97 Å². The molecule has 0 spiro atoms. The molecule has 7 heteroatoms. The molecule has 0 aliphatic heterocycles. The van der Waals surface area contributed by atoms with Crippen molar-refractivity contribution in [1.29, 1.82) is 0 Å². The van der Waals surface area contributed by atoms with E-state index < -0.39 is 0 Å². The molecule has 1 amide bonds. The normalized spacial score (nSPS) is 11.2. The number of hydrogen-bond acceptors (Lipinski definition) is 6. The Labute approximate surface area is 127 Å². The highest BCUT2D eigenvalue weighted by molar-refractivity contribution is 7.18. The van der Waals surface area contributed by atoms with Crippen LogP contribution in [0.1, 0.15) is 36.0 Å². The number of aromatic nitrogens is 2. The number of aryl methyl sites for hydroxylation is 1. The van der Waals surface area contributed by atoms with E-state index in [1.165, 1.54) is 11.3 Å². The van der Waals surface area contributed by atoms with Crippen molar-refractivity contribution in [2.45, 2.75) is 33.2 Å². The molecule has 0 radical (unpaired) electrons. The van der Waals surface area contributed by atoms with Crippen LogP contribution in [0.5, 0.6) is 0 Å². The van der Waals surface area contributed by atoms with Crippen LogP contribution in [0.25, 0.3) is 0 Å². The Hall–Kier alpha value is -2.15. The molecule has 0 bridgehead atoms. The number of carbonyl (C=O) groups excluding carboxylic acids is 1. The van der Waals surface area contributed by atoms with Crippen molar-refractivity contribution >= 4 is 33.9 Å². The highest BCUT2D eigenvalue weighted by Crippen LogP contribution is 2.27. The Balaban J connectivity index is 2.16. The van der Waals surface area contributed by atoms with E-state index in [4.69, 9.17) is 5.73 Å². The van der Waals surface area contributed by atoms with Crippen LogP contribution < -0.4 is 16.4 Å². The van der Waals surface area contributed by atoms with Crippen LogP contribution in [0.2, 0.25) is 0 Å². The second kappa shape index (κ2) is 5.69. The summed E-state index contributed by atoms with van der Waals surface area (Å²) in [5, 5.41) is 6.61. The van der Waals surface area contributed by atoms with Crippen LogP contribution in [0.3, 0.4) is 0 Å². The first kappa shape index (κ1) is 15.2. The van der Waals surface area contributed by atoms with Gasteiger partial charge in [-0.15, -0.1) is 0 Å². The molecule has 2 heterocycles. The Kier molecular flexibility index (Phi) is 4.13. The lowest BCUT2D eigenvalue weighted by molar-refractivity contribution is 0.103. The number of nitrogens with one attached hydrogen (secondary N) is 2. The molecule has 0 aliphatic rings. The molecule has 0 unspecified atom stereocenters. The second-order valence-electron chi connectivity index (χ2n) is 5.81. The van der Waals surface area contributed by atoms with Crippen molar-refractivity contribution in [3.8, 4) is 0 Å². The predicted octanol–water partition coefficient (Wildman–Crippen LogP) is 2.89. The average Bonchev–Trinajstić information content (AvgIpc) is 2.67. The third-order valence-electron chi connectivity index (χ3n) is 2.47. The first-order chi connectivity index (χ1) is 9.74. The van der Waals surface area contributed by atoms with Crippen molar-refractivity contribution in [2.75, 3.05) is 16.4 Å². The van der Waals surface area contributed by atoms with E-state index in [9.17, 15) is 4.79 Å². The Morgan fingerprint density at radius 3 is 2.67 bits per heavy atom. The van der Waals surface area contributed by atoms with Gasteiger partial charge in [0.1, 0.15) is 10.7 Å². The number of amides is 1.